The number of hydrogen-bond donors (Lipinski definition) is 2. The first kappa shape index (κ1) is 20.7. The van der Waals surface area contributed by atoms with E-state index in [0.29, 0.717) is 28.3 Å². The minimum atomic E-state index is -4.45. The van der Waals surface area contributed by atoms with Crippen molar-refractivity contribution in [1.29, 1.82) is 0 Å². The number of amides is 1. The smallest absolute Gasteiger partial charge is 0.297 e. The molecule has 4 aromatic rings. The molecule has 3 aromatic heterocycles. The van der Waals surface area contributed by atoms with Gasteiger partial charge in [-0.25, -0.2) is 15.4 Å². The lowest BCUT2D eigenvalue weighted by Gasteiger charge is -2.13. The van der Waals surface area contributed by atoms with E-state index in [1.807, 2.05) is 17.5 Å². The predicted octanol–water partition coefficient (Wildman–Crippen LogP) is 4.98. The fraction of sp³-hybridized carbons (Fsp3) is 0.227. The van der Waals surface area contributed by atoms with Crippen LogP contribution < -0.4 is 5.48 Å². The molecule has 1 saturated carbocycles. The summed E-state index contributed by atoms with van der Waals surface area (Å²) in [6, 6.07) is 9.35. The van der Waals surface area contributed by atoms with E-state index in [4.69, 9.17) is 10.2 Å². The van der Waals surface area contributed by atoms with Crippen LogP contribution in [0.4, 0.5) is 13.2 Å². The molecule has 0 bridgehead atoms. The Morgan fingerprint density at radius 2 is 1.88 bits per heavy atom. The summed E-state index contributed by atoms with van der Waals surface area (Å²) in [6.45, 7) is 1.76. The van der Waals surface area contributed by atoms with Crippen LogP contribution in [0.2, 0.25) is 0 Å². The molecule has 6 nitrogen and oxygen atoms in total. The highest BCUT2D eigenvalue weighted by Crippen LogP contribution is 2.54. The van der Waals surface area contributed by atoms with Crippen LogP contribution in [0, 0.1) is 6.92 Å². The van der Waals surface area contributed by atoms with Crippen LogP contribution in [0.5, 0.6) is 0 Å². The third-order valence-electron chi connectivity index (χ3n) is 5.83. The van der Waals surface area contributed by atoms with E-state index in [1.54, 1.807) is 24.5 Å². The van der Waals surface area contributed by atoms with Gasteiger partial charge in [0.15, 0.2) is 0 Å². The van der Waals surface area contributed by atoms with Gasteiger partial charge >= 0.3 is 6.18 Å². The van der Waals surface area contributed by atoms with Gasteiger partial charge in [-0.1, -0.05) is 12.1 Å². The van der Waals surface area contributed by atoms with Gasteiger partial charge in [0, 0.05) is 22.6 Å². The van der Waals surface area contributed by atoms with Gasteiger partial charge in [-0.05, 0) is 49.6 Å². The summed E-state index contributed by atoms with van der Waals surface area (Å²) in [6.07, 6.45) is -1.62. The number of rotatable bonds is 4. The summed E-state index contributed by atoms with van der Waals surface area (Å²) in [5.41, 5.74) is 4.09. The monoisotopic (exact) mass is 458 g/mol. The second-order valence-electron chi connectivity index (χ2n) is 7.83. The number of alkyl halides is 3. The molecule has 0 atom stereocenters. The van der Waals surface area contributed by atoms with Crippen LogP contribution in [0.1, 0.15) is 45.0 Å². The van der Waals surface area contributed by atoms with E-state index in [9.17, 15) is 18.0 Å². The maximum atomic E-state index is 13.2. The van der Waals surface area contributed by atoms with Crippen LogP contribution >= 0.6 is 11.3 Å². The van der Waals surface area contributed by atoms with Gasteiger partial charge in [0.05, 0.1) is 17.0 Å². The number of nitrogens with zero attached hydrogens (tertiary/aromatic N) is 3. The Labute approximate surface area is 184 Å². The molecule has 0 aliphatic heterocycles. The molecule has 10 heteroatoms. The van der Waals surface area contributed by atoms with Crippen molar-refractivity contribution in [1.82, 2.24) is 19.8 Å². The van der Waals surface area contributed by atoms with E-state index in [1.165, 1.54) is 21.8 Å². The van der Waals surface area contributed by atoms with E-state index in [0.717, 1.165) is 35.7 Å². The number of carbonyl (C=O) groups excluding carboxylic acids is 1. The average molecular weight is 458 g/mol. The third-order valence-corrected chi connectivity index (χ3v) is 6.87. The summed E-state index contributed by atoms with van der Waals surface area (Å²) in [4.78, 5) is 20.8. The Kier molecular flexibility index (Phi) is 4.61. The number of nitrogens with one attached hydrogen (secondary N) is 1. The van der Waals surface area contributed by atoms with Crippen molar-refractivity contribution in [2.75, 3.05) is 0 Å². The van der Waals surface area contributed by atoms with E-state index in [-0.39, 0.29) is 5.41 Å². The third kappa shape index (κ3) is 3.26. The summed E-state index contributed by atoms with van der Waals surface area (Å²) >= 11 is 1.46. The van der Waals surface area contributed by atoms with Crippen molar-refractivity contribution in [3.8, 4) is 11.4 Å². The highest BCUT2D eigenvalue weighted by molar-refractivity contribution is 7.10. The number of hydroxylamine groups is 1. The van der Waals surface area contributed by atoms with E-state index >= 15 is 0 Å². The number of carbonyl (C=O) groups is 1. The highest BCUT2D eigenvalue weighted by atomic mass is 32.1. The molecule has 0 saturated heterocycles. The molecule has 164 valence electrons. The molecule has 0 radical (unpaired) electrons. The Morgan fingerprint density at radius 1 is 1.16 bits per heavy atom. The van der Waals surface area contributed by atoms with Crippen molar-refractivity contribution in [3.63, 3.8) is 0 Å². The molecule has 3 heterocycles. The lowest BCUT2D eigenvalue weighted by Crippen LogP contribution is -2.18. The highest BCUT2D eigenvalue weighted by Gasteiger charge is 2.48. The molecule has 1 aromatic carbocycles. The molecule has 1 fully saturated rings. The maximum Gasteiger partial charge on any atom is 0.417 e. The number of pyridine rings is 1. The van der Waals surface area contributed by atoms with Crippen LogP contribution in [-0.2, 0) is 11.6 Å². The van der Waals surface area contributed by atoms with Gasteiger partial charge in [0.1, 0.15) is 16.3 Å². The molecule has 5 rings (SSSR count). The minimum Gasteiger partial charge on any atom is -0.297 e. The van der Waals surface area contributed by atoms with Gasteiger partial charge in [0.25, 0.3) is 5.91 Å². The SMILES string of the molecule is Cc1nc2ccc(C(F)(F)F)cn2c1-c1csc(C2(c3ccc(C(=O)NO)cc3)CC2)n1. The van der Waals surface area contributed by atoms with E-state index in [2.05, 4.69) is 4.98 Å². The van der Waals surface area contributed by atoms with Crippen molar-refractivity contribution in [2.45, 2.75) is 31.4 Å². The number of benzene rings is 1. The molecule has 1 amide bonds. The topological polar surface area (TPSA) is 79.5 Å². The summed E-state index contributed by atoms with van der Waals surface area (Å²) in [5, 5.41) is 11.5. The molecular formula is C22H17F3N4O2S. The summed E-state index contributed by atoms with van der Waals surface area (Å²) in [7, 11) is 0. The number of hydrogen-bond acceptors (Lipinski definition) is 5. The Bertz CT molecular complexity index is 1340. The first-order valence-electron chi connectivity index (χ1n) is 9.80. The molecule has 2 N–H and O–H groups in total. The maximum absolute atomic E-state index is 13.2. The zero-order chi connectivity index (χ0) is 22.7. The molecule has 0 spiro atoms. The van der Waals surface area contributed by atoms with Crippen LogP contribution in [0.25, 0.3) is 17.0 Å². The Hall–Kier alpha value is -3.24. The summed E-state index contributed by atoms with van der Waals surface area (Å²) in [5.74, 6) is -0.584. The van der Waals surface area contributed by atoms with Gasteiger partial charge in [0.2, 0.25) is 0 Å². The average Bonchev–Trinajstić information content (AvgIpc) is 3.31. The van der Waals surface area contributed by atoms with Crippen molar-refractivity contribution >= 4 is 22.9 Å². The standard InChI is InChI=1S/C22H17F3N4O2S/c1-12-18(29-10-15(22(23,24)25)6-7-17(29)26-12)16-11-32-20(27-16)21(8-9-21)14-4-2-13(3-5-14)19(30)28-31/h2-7,10-11,31H,8-9H2,1H3,(H,28,30). The van der Waals surface area contributed by atoms with Crippen molar-refractivity contribution in [3.05, 3.63) is 75.4 Å². The normalized spacial score (nSPS) is 15.2. The lowest BCUT2D eigenvalue weighted by molar-refractivity contribution is -0.137. The van der Waals surface area contributed by atoms with Crippen LogP contribution in [0.3, 0.4) is 0 Å². The Morgan fingerprint density at radius 3 is 2.50 bits per heavy atom. The zero-order valence-corrected chi connectivity index (χ0v) is 17.6. The number of imidazole rings is 1. The van der Waals surface area contributed by atoms with Crippen molar-refractivity contribution < 1.29 is 23.2 Å². The van der Waals surface area contributed by atoms with Gasteiger partial charge < -0.3 is 0 Å². The number of halogens is 3. The van der Waals surface area contributed by atoms with Gasteiger partial charge in [-0.2, -0.15) is 13.2 Å². The first-order valence-corrected chi connectivity index (χ1v) is 10.7. The number of aromatic nitrogens is 3. The molecule has 0 unspecified atom stereocenters. The predicted molar refractivity (Wildman–Crippen MR) is 112 cm³/mol. The van der Waals surface area contributed by atoms with Crippen LogP contribution in [0.15, 0.2) is 48.0 Å². The second kappa shape index (κ2) is 7.14. The fourth-order valence-electron chi connectivity index (χ4n) is 4.00. The quantitative estimate of drug-likeness (QED) is 0.334. The second-order valence-corrected chi connectivity index (χ2v) is 8.69. The first-order chi connectivity index (χ1) is 15.2. The van der Waals surface area contributed by atoms with Gasteiger partial charge in [-0.15, -0.1) is 11.3 Å². The number of thiazole rings is 1. The van der Waals surface area contributed by atoms with Crippen LogP contribution in [-0.4, -0.2) is 25.5 Å². The number of fused-ring (bicyclic) bond motifs is 1. The summed E-state index contributed by atoms with van der Waals surface area (Å²) < 4.78 is 41.1. The fourth-order valence-corrected chi connectivity index (χ4v) is 5.08. The molecule has 1 aliphatic carbocycles. The molecule has 32 heavy (non-hydrogen) atoms. The van der Waals surface area contributed by atoms with E-state index < -0.39 is 17.6 Å². The Balaban J connectivity index is 1.53. The molecule has 1 aliphatic rings. The minimum absolute atomic E-state index is 0.275. The molecular weight excluding hydrogens is 441 g/mol. The zero-order valence-electron chi connectivity index (χ0n) is 16.8. The van der Waals surface area contributed by atoms with Gasteiger partial charge in [-0.3, -0.25) is 14.4 Å². The van der Waals surface area contributed by atoms with Crippen molar-refractivity contribution in [2.24, 2.45) is 0 Å². The largest absolute Gasteiger partial charge is 0.417 e. The number of aryl methyl sites for hydroxylation is 1. The lowest BCUT2D eigenvalue weighted by atomic mass is 9.95.